The van der Waals surface area contributed by atoms with Crippen molar-refractivity contribution in [2.75, 3.05) is 0 Å². The third kappa shape index (κ3) is 4.35. The van der Waals surface area contributed by atoms with Crippen molar-refractivity contribution in [2.24, 2.45) is 5.10 Å². The van der Waals surface area contributed by atoms with Gasteiger partial charge in [-0.15, -0.1) is 0 Å². The van der Waals surface area contributed by atoms with E-state index >= 15 is 0 Å². The number of amides is 1. The van der Waals surface area contributed by atoms with E-state index in [9.17, 15) is 14.9 Å². The molecule has 0 saturated carbocycles. The van der Waals surface area contributed by atoms with Gasteiger partial charge in [-0.1, -0.05) is 18.2 Å². The third-order valence-electron chi connectivity index (χ3n) is 3.43. The van der Waals surface area contributed by atoms with Crippen LogP contribution in [0.15, 0.2) is 66.2 Å². The molecule has 26 heavy (non-hydrogen) atoms. The SMILES string of the molecule is O=C(N/N=C/c1cccnc1)c1ccn(Cc2ccc([N+](=O)[O-])cc2)n1. The summed E-state index contributed by atoms with van der Waals surface area (Å²) in [5.41, 5.74) is 4.24. The van der Waals surface area contributed by atoms with Crippen molar-refractivity contribution in [3.05, 3.63) is 88.0 Å². The number of nitrogens with one attached hydrogen (secondary N) is 1. The lowest BCUT2D eigenvalue weighted by molar-refractivity contribution is -0.384. The minimum absolute atomic E-state index is 0.0285. The summed E-state index contributed by atoms with van der Waals surface area (Å²) in [7, 11) is 0. The number of hydrazone groups is 1. The van der Waals surface area contributed by atoms with Crippen LogP contribution in [0.3, 0.4) is 0 Å². The van der Waals surface area contributed by atoms with Gasteiger partial charge in [-0.2, -0.15) is 10.2 Å². The molecule has 1 N–H and O–H groups in total. The van der Waals surface area contributed by atoms with Crippen LogP contribution in [0.5, 0.6) is 0 Å². The number of non-ortho nitro benzene ring substituents is 1. The Bertz CT molecular complexity index is 935. The normalized spacial score (nSPS) is 10.8. The van der Waals surface area contributed by atoms with Crippen molar-refractivity contribution in [1.29, 1.82) is 0 Å². The monoisotopic (exact) mass is 350 g/mol. The van der Waals surface area contributed by atoms with Crippen molar-refractivity contribution in [3.8, 4) is 0 Å². The average Bonchev–Trinajstić information content (AvgIpc) is 3.11. The number of nitro groups is 1. The van der Waals surface area contributed by atoms with E-state index in [1.165, 1.54) is 18.3 Å². The van der Waals surface area contributed by atoms with E-state index in [1.54, 1.807) is 47.5 Å². The summed E-state index contributed by atoms with van der Waals surface area (Å²) in [6, 6.07) is 11.3. The molecule has 9 heteroatoms. The molecule has 3 rings (SSSR count). The quantitative estimate of drug-likeness (QED) is 0.415. The molecule has 9 nitrogen and oxygen atoms in total. The van der Waals surface area contributed by atoms with Gasteiger partial charge >= 0.3 is 0 Å². The Morgan fingerprint density at radius 2 is 2.08 bits per heavy atom. The summed E-state index contributed by atoms with van der Waals surface area (Å²) in [5, 5.41) is 18.7. The topological polar surface area (TPSA) is 115 Å². The van der Waals surface area contributed by atoms with Crippen LogP contribution in [0.2, 0.25) is 0 Å². The summed E-state index contributed by atoms with van der Waals surface area (Å²) in [5.74, 6) is -0.437. The van der Waals surface area contributed by atoms with Gasteiger partial charge in [-0.25, -0.2) is 5.43 Å². The largest absolute Gasteiger partial charge is 0.291 e. The number of rotatable bonds is 6. The fourth-order valence-corrected chi connectivity index (χ4v) is 2.16. The van der Waals surface area contributed by atoms with Gasteiger partial charge in [0.25, 0.3) is 11.6 Å². The fraction of sp³-hybridized carbons (Fsp3) is 0.0588. The number of nitrogens with zero attached hydrogens (tertiary/aromatic N) is 5. The van der Waals surface area contributed by atoms with E-state index in [0.717, 1.165) is 11.1 Å². The number of carbonyl (C=O) groups excluding carboxylic acids is 1. The van der Waals surface area contributed by atoms with Crippen LogP contribution in [0, 0.1) is 10.1 Å². The van der Waals surface area contributed by atoms with E-state index in [2.05, 4.69) is 20.6 Å². The van der Waals surface area contributed by atoms with E-state index in [1.807, 2.05) is 6.07 Å². The van der Waals surface area contributed by atoms with Crippen LogP contribution in [0.1, 0.15) is 21.6 Å². The summed E-state index contributed by atoms with van der Waals surface area (Å²) >= 11 is 0. The highest BCUT2D eigenvalue weighted by Crippen LogP contribution is 2.12. The summed E-state index contributed by atoms with van der Waals surface area (Å²) in [6.07, 6.45) is 6.40. The first kappa shape index (κ1) is 17.0. The number of carbonyl (C=O) groups is 1. The van der Waals surface area contributed by atoms with E-state index in [0.29, 0.717) is 6.54 Å². The first-order chi connectivity index (χ1) is 12.6. The molecule has 3 aromatic rings. The van der Waals surface area contributed by atoms with Crippen LogP contribution < -0.4 is 5.43 Å². The van der Waals surface area contributed by atoms with E-state index in [4.69, 9.17) is 0 Å². The van der Waals surface area contributed by atoms with Crippen LogP contribution in [-0.4, -0.2) is 31.8 Å². The molecule has 130 valence electrons. The number of hydrogen-bond donors (Lipinski definition) is 1. The lowest BCUT2D eigenvalue weighted by atomic mass is 10.2. The average molecular weight is 350 g/mol. The Morgan fingerprint density at radius 3 is 2.77 bits per heavy atom. The number of pyridine rings is 1. The second-order valence-corrected chi connectivity index (χ2v) is 5.31. The molecule has 0 atom stereocenters. The molecule has 0 spiro atoms. The lowest BCUT2D eigenvalue weighted by Gasteiger charge is -2.01. The molecule has 0 aliphatic carbocycles. The van der Waals surface area contributed by atoms with Crippen LogP contribution in [0.4, 0.5) is 5.69 Å². The summed E-state index contributed by atoms with van der Waals surface area (Å²) in [4.78, 5) is 26.2. The zero-order valence-corrected chi connectivity index (χ0v) is 13.5. The molecule has 2 heterocycles. The van der Waals surface area contributed by atoms with Crippen molar-refractivity contribution < 1.29 is 9.72 Å². The molecule has 0 radical (unpaired) electrons. The maximum absolute atomic E-state index is 12.0. The van der Waals surface area contributed by atoms with Gasteiger partial charge in [0.1, 0.15) is 0 Å². The molecule has 0 aliphatic rings. The Balaban J connectivity index is 1.59. The standard InChI is InChI=1S/C17H14N6O3/c24-17(20-19-11-14-2-1-8-18-10-14)16-7-9-22(21-16)12-13-3-5-15(6-4-13)23(25)26/h1-11H,12H2,(H,20,24)/b19-11+. The number of aromatic nitrogens is 3. The predicted molar refractivity (Wildman–Crippen MR) is 93.7 cm³/mol. The maximum Gasteiger partial charge on any atom is 0.291 e. The number of nitro benzene ring substituents is 1. The van der Waals surface area contributed by atoms with Crippen LogP contribution >= 0.6 is 0 Å². The van der Waals surface area contributed by atoms with Crippen molar-refractivity contribution >= 4 is 17.8 Å². The van der Waals surface area contributed by atoms with Crippen molar-refractivity contribution in [1.82, 2.24) is 20.2 Å². The maximum atomic E-state index is 12.0. The Kier molecular flexibility index (Phi) is 5.08. The molecule has 0 aliphatic heterocycles. The molecular formula is C17H14N6O3. The first-order valence-corrected chi connectivity index (χ1v) is 7.62. The highest BCUT2D eigenvalue weighted by Gasteiger charge is 2.09. The first-order valence-electron chi connectivity index (χ1n) is 7.62. The fourth-order valence-electron chi connectivity index (χ4n) is 2.16. The van der Waals surface area contributed by atoms with Gasteiger partial charge in [-0.05, 0) is 17.7 Å². The molecule has 2 aromatic heterocycles. The highest BCUT2D eigenvalue weighted by molar-refractivity contribution is 5.92. The third-order valence-corrected chi connectivity index (χ3v) is 3.43. The smallest absolute Gasteiger partial charge is 0.268 e. The predicted octanol–water partition coefficient (Wildman–Crippen LogP) is 2.00. The minimum Gasteiger partial charge on any atom is -0.268 e. The van der Waals surface area contributed by atoms with Gasteiger partial charge in [0.05, 0.1) is 17.7 Å². The van der Waals surface area contributed by atoms with Gasteiger partial charge in [0, 0.05) is 36.3 Å². The van der Waals surface area contributed by atoms with Crippen molar-refractivity contribution in [3.63, 3.8) is 0 Å². The number of benzene rings is 1. The van der Waals surface area contributed by atoms with Gasteiger partial charge in [-0.3, -0.25) is 24.6 Å². The Hall–Kier alpha value is -3.88. The molecule has 0 unspecified atom stereocenters. The second kappa shape index (κ2) is 7.79. The highest BCUT2D eigenvalue weighted by atomic mass is 16.6. The number of hydrogen-bond acceptors (Lipinski definition) is 6. The van der Waals surface area contributed by atoms with Crippen molar-refractivity contribution in [2.45, 2.75) is 6.54 Å². The molecule has 1 amide bonds. The molecule has 0 bridgehead atoms. The van der Waals surface area contributed by atoms with Gasteiger partial charge in [0.15, 0.2) is 5.69 Å². The molecule has 0 fully saturated rings. The summed E-state index contributed by atoms with van der Waals surface area (Å²) < 4.78 is 1.57. The molecule has 1 aromatic carbocycles. The zero-order chi connectivity index (χ0) is 18.4. The van der Waals surface area contributed by atoms with E-state index < -0.39 is 10.8 Å². The zero-order valence-electron chi connectivity index (χ0n) is 13.5. The Labute approximate surface area is 148 Å². The van der Waals surface area contributed by atoms with Crippen LogP contribution in [-0.2, 0) is 6.54 Å². The Morgan fingerprint density at radius 1 is 1.27 bits per heavy atom. The second-order valence-electron chi connectivity index (χ2n) is 5.31. The molecule has 0 saturated heterocycles. The minimum atomic E-state index is -0.452. The van der Waals surface area contributed by atoms with E-state index in [-0.39, 0.29) is 11.4 Å². The molecular weight excluding hydrogens is 336 g/mol. The van der Waals surface area contributed by atoms with Gasteiger partial charge < -0.3 is 0 Å². The van der Waals surface area contributed by atoms with Gasteiger partial charge in [0.2, 0.25) is 0 Å². The lowest BCUT2D eigenvalue weighted by Crippen LogP contribution is -2.18. The summed E-state index contributed by atoms with van der Waals surface area (Å²) in [6.45, 7) is 0.393. The van der Waals surface area contributed by atoms with Crippen LogP contribution in [0.25, 0.3) is 0 Å².